The van der Waals surface area contributed by atoms with E-state index in [2.05, 4.69) is 48.2 Å². The second-order valence-corrected chi connectivity index (χ2v) is 5.50. The lowest BCUT2D eigenvalue weighted by Gasteiger charge is -2.20. The van der Waals surface area contributed by atoms with Gasteiger partial charge in [-0.1, -0.05) is 61.5 Å². The van der Waals surface area contributed by atoms with E-state index in [0.29, 0.717) is 6.42 Å². The molecule has 0 heterocycles. The summed E-state index contributed by atoms with van der Waals surface area (Å²) in [4.78, 5) is 13.0. The van der Waals surface area contributed by atoms with E-state index in [0.717, 1.165) is 25.2 Å². The number of aliphatic carboxylic acids is 1. The predicted molar refractivity (Wildman–Crippen MR) is 88.6 cm³/mol. The van der Waals surface area contributed by atoms with Crippen molar-refractivity contribution in [2.45, 2.75) is 32.9 Å². The topological polar surface area (TPSA) is 40.5 Å². The molecule has 1 N–H and O–H groups in total. The molecule has 2 aromatic rings. The summed E-state index contributed by atoms with van der Waals surface area (Å²) in [7, 11) is 0. The third kappa shape index (κ3) is 5.34. The van der Waals surface area contributed by atoms with Crippen molar-refractivity contribution in [3.8, 4) is 0 Å². The molecule has 0 radical (unpaired) electrons. The molecule has 2 rings (SSSR count). The Morgan fingerprint density at radius 3 is 2.00 bits per heavy atom. The molecule has 116 valence electrons. The molecule has 0 aliphatic carbocycles. The quantitative estimate of drug-likeness (QED) is 0.807. The molecule has 0 aliphatic heterocycles. The molecule has 0 atom stereocenters. The van der Waals surface area contributed by atoms with Crippen molar-refractivity contribution < 1.29 is 9.90 Å². The summed E-state index contributed by atoms with van der Waals surface area (Å²) >= 11 is 0. The largest absolute Gasteiger partial charge is 0.481 e. The average Bonchev–Trinajstić information content (AvgIpc) is 2.54. The molecule has 0 aromatic heterocycles. The summed E-state index contributed by atoms with van der Waals surface area (Å²) in [6.07, 6.45) is 0.783. The van der Waals surface area contributed by atoms with Gasteiger partial charge in [-0.05, 0) is 29.7 Å². The maximum absolute atomic E-state index is 10.6. The van der Waals surface area contributed by atoms with Gasteiger partial charge in [0.15, 0.2) is 0 Å². The maximum Gasteiger partial charge on any atom is 0.303 e. The Labute approximate surface area is 132 Å². The molecule has 3 nitrogen and oxygen atoms in total. The van der Waals surface area contributed by atoms with Crippen molar-refractivity contribution in [3.05, 3.63) is 71.3 Å². The second-order valence-electron chi connectivity index (χ2n) is 5.50. The van der Waals surface area contributed by atoms with E-state index in [-0.39, 0.29) is 6.42 Å². The van der Waals surface area contributed by atoms with Crippen LogP contribution in [0.15, 0.2) is 54.6 Å². The number of carboxylic acids is 1. The van der Waals surface area contributed by atoms with Crippen molar-refractivity contribution in [1.29, 1.82) is 0 Å². The Morgan fingerprint density at radius 2 is 1.45 bits per heavy atom. The SMILES string of the molecule is CCN(Cc1ccccc1)Cc1ccc(CCC(=O)O)cc1. The van der Waals surface area contributed by atoms with Crippen molar-refractivity contribution in [2.24, 2.45) is 0 Å². The fraction of sp³-hybridized carbons (Fsp3) is 0.316. The third-order valence-electron chi connectivity index (χ3n) is 3.75. The van der Waals surface area contributed by atoms with Crippen LogP contribution in [0.3, 0.4) is 0 Å². The molecule has 22 heavy (non-hydrogen) atoms. The number of hydrogen-bond donors (Lipinski definition) is 1. The van der Waals surface area contributed by atoms with Crippen molar-refractivity contribution >= 4 is 5.97 Å². The first-order valence-electron chi connectivity index (χ1n) is 7.73. The van der Waals surface area contributed by atoms with Crippen LogP contribution in [0.25, 0.3) is 0 Å². The van der Waals surface area contributed by atoms with E-state index in [1.807, 2.05) is 18.2 Å². The minimum atomic E-state index is -0.746. The van der Waals surface area contributed by atoms with E-state index in [1.165, 1.54) is 11.1 Å². The van der Waals surface area contributed by atoms with Gasteiger partial charge in [-0.25, -0.2) is 0 Å². The number of rotatable bonds is 8. The van der Waals surface area contributed by atoms with Gasteiger partial charge in [0.25, 0.3) is 0 Å². The van der Waals surface area contributed by atoms with Gasteiger partial charge in [-0.3, -0.25) is 9.69 Å². The summed E-state index contributed by atoms with van der Waals surface area (Å²) in [6, 6.07) is 18.8. The van der Waals surface area contributed by atoms with Crippen LogP contribution >= 0.6 is 0 Å². The number of nitrogens with zero attached hydrogens (tertiary/aromatic N) is 1. The number of benzene rings is 2. The molecule has 0 bridgehead atoms. The van der Waals surface area contributed by atoms with Crippen LogP contribution in [-0.4, -0.2) is 22.5 Å². The zero-order valence-electron chi connectivity index (χ0n) is 13.0. The van der Waals surface area contributed by atoms with Crippen LogP contribution in [0.4, 0.5) is 0 Å². The number of hydrogen-bond acceptors (Lipinski definition) is 2. The van der Waals surface area contributed by atoms with Crippen molar-refractivity contribution in [1.82, 2.24) is 4.90 Å². The monoisotopic (exact) mass is 297 g/mol. The summed E-state index contributed by atoms with van der Waals surface area (Å²) in [5.74, 6) is -0.746. The highest BCUT2D eigenvalue weighted by Gasteiger charge is 2.05. The lowest BCUT2D eigenvalue weighted by molar-refractivity contribution is -0.136. The second kappa shape index (κ2) is 8.35. The van der Waals surface area contributed by atoms with Gasteiger partial charge >= 0.3 is 5.97 Å². The van der Waals surface area contributed by atoms with Crippen molar-refractivity contribution in [3.63, 3.8) is 0 Å². The van der Waals surface area contributed by atoms with Gasteiger partial charge in [0, 0.05) is 19.5 Å². The van der Waals surface area contributed by atoms with E-state index >= 15 is 0 Å². The number of carbonyl (C=O) groups is 1. The van der Waals surface area contributed by atoms with Crippen LogP contribution < -0.4 is 0 Å². The lowest BCUT2D eigenvalue weighted by atomic mass is 10.1. The Hall–Kier alpha value is -2.13. The lowest BCUT2D eigenvalue weighted by Crippen LogP contribution is -2.22. The number of aryl methyl sites for hydroxylation is 1. The maximum atomic E-state index is 10.6. The molecule has 0 aliphatic rings. The minimum absolute atomic E-state index is 0.189. The highest BCUT2D eigenvalue weighted by molar-refractivity contribution is 5.67. The predicted octanol–water partition coefficient (Wildman–Crippen LogP) is 3.73. The summed E-state index contributed by atoms with van der Waals surface area (Å²) < 4.78 is 0. The van der Waals surface area contributed by atoms with Crippen LogP contribution in [0.2, 0.25) is 0 Å². The standard InChI is InChI=1S/C19H23NO2/c1-2-20(14-17-6-4-3-5-7-17)15-18-10-8-16(9-11-18)12-13-19(21)22/h3-11H,2,12-15H2,1H3,(H,21,22). The molecule has 0 unspecified atom stereocenters. The summed E-state index contributed by atoms with van der Waals surface area (Å²) in [5, 5.41) is 8.71. The normalized spacial score (nSPS) is 10.8. The van der Waals surface area contributed by atoms with Gasteiger partial charge in [-0.2, -0.15) is 0 Å². The van der Waals surface area contributed by atoms with Gasteiger partial charge in [0.1, 0.15) is 0 Å². The van der Waals surface area contributed by atoms with Gasteiger partial charge in [0.2, 0.25) is 0 Å². The first-order chi connectivity index (χ1) is 10.7. The van der Waals surface area contributed by atoms with Crippen LogP contribution in [0.5, 0.6) is 0 Å². The molecule has 2 aromatic carbocycles. The Kier molecular flexibility index (Phi) is 6.16. The molecule has 3 heteroatoms. The fourth-order valence-corrected chi connectivity index (χ4v) is 2.44. The first-order valence-corrected chi connectivity index (χ1v) is 7.73. The zero-order valence-corrected chi connectivity index (χ0v) is 13.0. The van der Waals surface area contributed by atoms with Crippen LogP contribution in [-0.2, 0) is 24.3 Å². The van der Waals surface area contributed by atoms with E-state index in [4.69, 9.17) is 5.11 Å². The van der Waals surface area contributed by atoms with Gasteiger partial charge in [-0.15, -0.1) is 0 Å². The van der Waals surface area contributed by atoms with E-state index in [9.17, 15) is 4.79 Å². The Balaban J connectivity index is 1.92. The summed E-state index contributed by atoms with van der Waals surface area (Å²) in [5.41, 5.74) is 3.66. The smallest absolute Gasteiger partial charge is 0.303 e. The fourth-order valence-electron chi connectivity index (χ4n) is 2.44. The van der Waals surface area contributed by atoms with E-state index in [1.54, 1.807) is 0 Å². The van der Waals surface area contributed by atoms with Gasteiger partial charge < -0.3 is 5.11 Å². The molecule has 0 spiro atoms. The van der Waals surface area contributed by atoms with Gasteiger partial charge in [0.05, 0.1) is 0 Å². The van der Waals surface area contributed by atoms with Crippen LogP contribution in [0.1, 0.15) is 30.0 Å². The van der Waals surface area contributed by atoms with E-state index < -0.39 is 5.97 Å². The molecule has 0 fully saturated rings. The minimum Gasteiger partial charge on any atom is -0.481 e. The Morgan fingerprint density at radius 1 is 0.909 bits per heavy atom. The summed E-state index contributed by atoms with van der Waals surface area (Å²) in [6.45, 7) is 5.02. The van der Waals surface area contributed by atoms with Crippen LogP contribution in [0, 0.1) is 0 Å². The first kappa shape index (κ1) is 16.2. The highest BCUT2D eigenvalue weighted by Crippen LogP contribution is 2.12. The third-order valence-corrected chi connectivity index (χ3v) is 3.75. The van der Waals surface area contributed by atoms with Crippen molar-refractivity contribution in [2.75, 3.05) is 6.54 Å². The zero-order chi connectivity index (χ0) is 15.8. The Bertz CT molecular complexity index is 578. The molecular weight excluding hydrogens is 274 g/mol. The highest BCUT2D eigenvalue weighted by atomic mass is 16.4. The molecule has 0 saturated carbocycles. The molecular formula is C19H23NO2. The molecule has 0 saturated heterocycles. The average molecular weight is 297 g/mol. The number of carboxylic acid groups (broad SMARTS) is 1. The molecule has 0 amide bonds.